The average Bonchev–Trinajstić information content (AvgIpc) is 3.53. The van der Waals surface area contributed by atoms with Gasteiger partial charge in [-0.2, -0.15) is 5.10 Å². The number of hydrazone groups is 1. The van der Waals surface area contributed by atoms with Gasteiger partial charge >= 0.3 is 0 Å². The highest BCUT2D eigenvalue weighted by molar-refractivity contribution is 9.12. The van der Waals surface area contributed by atoms with Crippen LogP contribution in [0.25, 0.3) is 6.08 Å². The van der Waals surface area contributed by atoms with Gasteiger partial charge in [0.2, 0.25) is 5.91 Å². The number of hydrogen-bond donors (Lipinski definition) is 1. The maximum absolute atomic E-state index is 12.8. The molecule has 1 N–H and O–H groups in total. The van der Waals surface area contributed by atoms with Gasteiger partial charge in [0.25, 0.3) is 0 Å². The molecular formula is C25H21BrN2O. The Morgan fingerprint density at radius 1 is 0.897 bits per heavy atom. The minimum absolute atomic E-state index is 0.0611. The molecule has 1 saturated carbocycles. The summed E-state index contributed by atoms with van der Waals surface area (Å²) in [5, 5.41) is 4.14. The second-order valence-corrected chi connectivity index (χ2v) is 8.05. The van der Waals surface area contributed by atoms with E-state index in [-0.39, 0.29) is 17.2 Å². The zero-order valence-electron chi connectivity index (χ0n) is 15.8. The molecule has 29 heavy (non-hydrogen) atoms. The first-order chi connectivity index (χ1) is 14.2. The lowest BCUT2D eigenvalue weighted by molar-refractivity contribution is -0.122. The summed E-state index contributed by atoms with van der Waals surface area (Å²) in [4.78, 5) is 12.8. The molecule has 3 aromatic rings. The molecule has 3 aromatic carbocycles. The third-order valence-electron chi connectivity index (χ3n) is 5.32. The van der Waals surface area contributed by atoms with Crippen molar-refractivity contribution < 1.29 is 4.79 Å². The van der Waals surface area contributed by atoms with Crippen LogP contribution in [-0.4, -0.2) is 12.1 Å². The smallest absolute Gasteiger partial charge is 0.244 e. The van der Waals surface area contributed by atoms with Gasteiger partial charge in [-0.05, 0) is 45.1 Å². The SMILES string of the molecule is O=C(N/N=C\C(Br)=C/c1ccccc1)[C@H]1CC1(c1ccccc1)c1ccccc1. The summed E-state index contributed by atoms with van der Waals surface area (Å²) in [5.74, 6) is -0.199. The predicted molar refractivity (Wildman–Crippen MR) is 122 cm³/mol. The predicted octanol–water partition coefficient (Wildman–Crippen LogP) is 5.53. The monoisotopic (exact) mass is 444 g/mol. The first-order valence-electron chi connectivity index (χ1n) is 9.56. The largest absolute Gasteiger partial charge is 0.273 e. The van der Waals surface area contributed by atoms with Crippen molar-refractivity contribution >= 4 is 34.1 Å². The molecule has 1 fully saturated rings. The zero-order chi connectivity index (χ0) is 20.1. The Bertz CT molecular complexity index is 991. The van der Waals surface area contributed by atoms with E-state index >= 15 is 0 Å². The van der Waals surface area contributed by atoms with Crippen molar-refractivity contribution in [1.29, 1.82) is 0 Å². The standard InChI is InChI=1S/C25H21BrN2O/c26-22(16-19-10-4-1-5-11-19)18-27-28-24(29)23-17-25(23,20-12-6-2-7-13-20)21-14-8-3-9-15-21/h1-16,18,23H,17H2,(H,28,29)/b22-16+,27-18-/t23-/m1/s1. The van der Waals surface area contributed by atoms with E-state index in [0.29, 0.717) is 0 Å². The minimum Gasteiger partial charge on any atom is -0.273 e. The van der Waals surface area contributed by atoms with Crippen molar-refractivity contribution in [2.24, 2.45) is 11.0 Å². The van der Waals surface area contributed by atoms with E-state index in [2.05, 4.69) is 50.7 Å². The average molecular weight is 445 g/mol. The molecule has 144 valence electrons. The van der Waals surface area contributed by atoms with Crippen molar-refractivity contribution in [2.75, 3.05) is 0 Å². The summed E-state index contributed by atoms with van der Waals surface area (Å²) < 4.78 is 0.789. The summed E-state index contributed by atoms with van der Waals surface area (Å²) in [6.45, 7) is 0. The van der Waals surface area contributed by atoms with Crippen LogP contribution >= 0.6 is 15.9 Å². The quantitative estimate of drug-likeness (QED) is 0.394. The Kier molecular flexibility index (Phi) is 5.72. The Hall–Kier alpha value is -2.98. The van der Waals surface area contributed by atoms with Gasteiger partial charge in [0.05, 0.1) is 12.1 Å². The first-order valence-corrected chi connectivity index (χ1v) is 10.4. The van der Waals surface area contributed by atoms with Crippen LogP contribution in [0.5, 0.6) is 0 Å². The van der Waals surface area contributed by atoms with Gasteiger partial charge in [-0.25, -0.2) is 5.43 Å². The molecule has 0 spiro atoms. The Morgan fingerprint density at radius 3 is 1.97 bits per heavy atom. The van der Waals surface area contributed by atoms with Gasteiger partial charge in [-0.1, -0.05) is 91.0 Å². The molecule has 4 heteroatoms. The number of benzene rings is 3. The number of nitrogens with one attached hydrogen (secondary N) is 1. The first kappa shape index (κ1) is 19.3. The van der Waals surface area contributed by atoms with Crippen molar-refractivity contribution in [3.63, 3.8) is 0 Å². The lowest BCUT2D eigenvalue weighted by Crippen LogP contribution is -2.25. The van der Waals surface area contributed by atoms with E-state index in [1.54, 1.807) is 6.21 Å². The second kappa shape index (κ2) is 8.58. The fraction of sp³-hybridized carbons (Fsp3) is 0.120. The number of nitrogens with zero attached hydrogens (tertiary/aromatic N) is 1. The van der Waals surface area contributed by atoms with E-state index in [0.717, 1.165) is 16.5 Å². The molecule has 0 heterocycles. The van der Waals surface area contributed by atoms with Crippen molar-refractivity contribution in [2.45, 2.75) is 11.8 Å². The molecule has 3 nitrogen and oxygen atoms in total. The molecule has 0 aromatic heterocycles. The molecule has 0 radical (unpaired) electrons. The number of hydrogen-bond acceptors (Lipinski definition) is 2. The van der Waals surface area contributed by atoms with Crippen LogP contribution in [0, 0.1) is 5.92 Å². The van der Waals surface area contributed by atoms with Gasteiger partial charge in [-0.3, -0.25) is 4.79 Å². The topological polar surface area (TPSA) is 41.5 Å². The van der Waals surface area contributed by atoms with Crippen LogP contribution in [0.3, 0.4) is 0 Å². The van der Waals surface area contributed by atoms with E-state index < -0.39 is 0 Å². The van der Waals surface area contributed by atoms with Crippen LogP contribution in [0.1, 0.15) is 23.1 Å². The van der Waals surface area contributed by atoms with Crippen molar-refractivity contribution in [3.05, 3.63) is 112 Å². The molecule has 0 bridgehead atoms. The molecule has 4 rings (SSSR count). The fourth-order valence-electron chi connectivity index (χ4n) is 3.84. The van der Waals surface area contributed by atoms with Gasteiger partial charge in [-0.15, -0.1) is 0 Å². The molecule has 0 aliphatic heterocycles. The normalized spacial score (nSPS) is 17.8. The number of carbonyl (C=O) groups excluding carboxylic acids is 1. The summed E-state index contributed by atoms with van der Waals surface area (Å²) in [6, 6.07) is 30.4. The lowest BCUT2D eigenvalue weighted by atomic mass is 9.85. The summed E-state index contributed by atoms with van der Waals surface area (Å²) >= 11 is 3.47. The third kappa shape index (κ3) is 4.22. The minimum atomic E-state index is -0.279. The van der Waals surface area contributed by atoms with Crippen molar-refractivity contribution in [1.82, 2.24) is 5.43 Å². The molecule has 1 amide bonds. The highest BCUT2D eigenvalue weighted by atomic mass is 79.9. The van der Waals surface area contributed by atoms with E-state index in [4.69, 9.17) is 0 Å². The number of carbonyl (C=O) groups is 1. The van der Waals surface area contributed by atoms with Gasteiger partial charge in [0.15, 0.2) is 0 Å². The van der Waals surface area contributed by atoms with E-state index in [9.17, 15) is 4.79 Å². The molecule has 0 unspecified atom stereocenters. The number of rotatable bonds is 6. The molecule has 0 saturated heterocycles. The van der Waals surface area contributed by atoms with Gasteiger partial charge in [0, 0.05) is 9.90 Å². The van der Waals surface area contributed by atoms with Gasteiger partial charge in [0.1, 0.15) is 0 Å². The second-order valence-electron chi connectivity index (χ2n) is 7.13. The molecule has 1 aliphatic carbocycles. The van der Waals surface area contributed by atoms with E-state index in [1.165, 1.54) is 11.1 Å². The lowest BCUT2D eigenvalue weighted by Gasteiger charge is -2.18. The van der Waals surface area contributed by atoms with Crippen LogP contribution in [0.15, 0.2) is 101 Å². The van der Waals surface area contributed by atoms with Crippen LogP contribution in [0.2, 0.25) is 0 Å². The molecule has 1 aliphatic rings. The van der Waals surface area contributed by atoms with Crippen LogP contribution < -0.4 is 5.43 Å². The Labute approximate surface area is 179 Å². The highest BCUT2D eigenvalue weighted by Gasteiger charge is 2.60. The fourth-order valence-corrected chi connectivity index (χ4v) is 4.20. The Morgan fingerprint density at radius 2 is 1.41 bits per heavy atom. The third-order valence-corrected chi connectivity index (χ3v) is 5.76. The van der Waals surface area contributed by atoms with Crippen LogP contribution in [-0.2, 0) is 10.2 Å². The summed E-state index contributed by atoms with van der Waals surface area (Å²) in [5.41, 5.74) is 5.83. The molecular weight excluding hydrogens is 424 g/mol. The zero-order valence-corrected chi connectivity index (χ0v) is 17.4. The maximum atomic E-state index is 12.8. The van der Waals surface area contributed by atoms with Gasteiger partial charge < -0.3 is 0 Å². The van der Waals surface area contributed by atoms with E-state index in [1.807, 2.05) is 72.8 Å². The Balaban J connectivity index is 1.48. The number of halogens is 1. The van der Waals surface area contributed by atoms with Crippen molar-refractivity contribution in [3.8, 4) is 0 Å². The summed E-state index contributed by atoms with van der Waals surface area (Å²) in [7, 11) is 0. The highest BCUT2D eigenvalue weighted by Crippen LogP contribution is 2.58. The number of amides is 1. The maximum Gasteiger partial charge on any atom is 0.244 e. The van der Waals surface area contributed by atoms with Crippen LogP contribution in [0.4, 0.5) is 0 Å². The number of allylic oxidation sites excluding steroid dienone is 1. The molecule has 1 atom stereocenters. The summed E-state index contributed by atoms with van der Waals surface area (Å²) in [6.07, 6.45) is 4.34.